The maximum atomic E-state index is 9.39. The third kappa shape index (κ3) is 2.91. The Kier molecular flexibility index (Phi) is 3.45. The Balaban J connectivity index is 2.07. The first-order valence-electron chi connectivity index (χ1n) is 6.65. The second-order valence-corrected chi connectivity index (χ2v) is 5.79. The van der Waals surface area contributed by atoms with Crippen LogP contribution in [0, 0.1) is 25.2 Å². The van der Waals surface area contributed by atoms with Crippen LogP contribution in [0.2, 0.25) is 0 Å². The molecule has 0 bridgehead atoms. The smallest absolute Gasteiger partial charge is 0.106 e. The summed E-state index contributed by atoms with van der Waals surface area (Å²) < 4.78 is 2.03. The van der Waals surface area contributed by atoms with Crippen LogP contribution in [0.15, 0.2) is 6.07 Å². The van der Waals surface area contributed by atoms with Gasteiger partial charge in [-0.25, -0.2) is 0 Å². The van der Waals surface area contributed by atoms with Gasteiger partial charge < -0.3 is 0 Å². The third-order valence-electron chi connectivity index (χ3n) is 3.51. The van der Waals surface area contributed by atoms with Crippen molar-refractivity contribution < 1.29 is 0 Å². The van der Waals surface area contributed by atoms with E-state index in [1.165, 1.54) is 12.8 Å². The van der Waals surface area contributed by atoms with Gasteiger partial charge in [-0.05, 0) is 46.6 Å². The van der Waals surface area contributed by atoms with Crippen molar-refractivity contribution in [3.8, 4) is 6.07 Å². The molecule has 0 radical (unpaired) electrons. The van der Waals surface area contributed by atoms with Crippen LogP contribution in [0.25, 0.3) is 0 Å². The number of hydrogen-bond acceptors (Lipinski definition) is 3. The lowest BCUT2D eigenvalue weighted by atomic mass is 9.95. The van der Waals surface area contributed by atoms with Gasteiger partial charge in [0.2, 0.25) is 0 Å². The lowest BCUT2D eigenvalue weighted by Crippen LogP contribution is -2.44. The van der Waals surface area contributed by atoms with E-state index in [1.807, 2.05) is 18.5 Å². The molecule has 0 saturated heterocycles. The molecule has 0 aliphatic heterocycles. The van der Waals surface area contributed by atoms with Crippen molar-refractivity contribution in [3.63, 3.8) is 0 Å². The molecule has 18 heavy (non-hydrogen) atoms. The first-order valence-corrected chi connectivity index (χ1v) is 6.65. The van der Waals surface area contributed by atoms with Gasteiger partial charge in [-0.2, -0.15) is 10.4 Å². The van der Waals surface area contributed by atoms with Gasteiger partial charge >= 0.3 is 0 Å². The summed E-state index contributed by atoms with van der Waals surface area (Å²) in [5.74, 6) is 0. The monoisotopic (exact) mass is 246 g/mol. The van der Waals surface area contributed by atoms with E-state index in [0.29, 0.717) is 6.04 Å². The van der Waals surface area contributed by atoms with Gasteiger partial charge in [0.1, 0.15) is 5.54 Å². The third-order valence-corrected chi connectivity index (χ3v) is 3.51. The van der Waals surface area contributed by atoms with Crippen molar-refractivity contribution in [3.05, 3.63) is 17.5 Å². The topological polar surface area (TPSA) is 53.6 Å². The number of nitrogens with zero attached hydrogens (tertiary/aromatic N) is 3. The first kappa shape index (κ1) is 13.1. The maximum absolute atomic E-state index is 9.39. The van der Waals surface area contributed by atoms with Gasteiger partial charge in [0.25, 0.3) is 0 Å². The Bertz CT molecular complexity index is 467. The minimum absolute atomic E-state index is 0.231. The van der Waals surface area contributed by atoms with Gasteiger partial charge in [0.05, 0.1) is 17.8 Å². The van der Waals surface area contributed by atoms with E-state index in [-0.39, 0.29) is 6.04 Å². The van der Waals surface area contributed by atoms with Crippen molar-refractivity contribution in [2.45, 2.75) is 64.6 Å². The molecule has 0 aromatic carbocycles. The standard InChI is InChI=1S/C14H22N4/c1-10-7-11(2)18(17-10)12(3)8-14(4,9-15)16-13-5-6-13/h7,12-13,16H,5-6,8H2,1-4H3. The average molecular weight is 246 g/mol. The average Bonchev–Trinajstić information content (AvgIpc) is 3.02. The Labute approximate surface area is 109 Å². The zero-order chi connectivity index (χ0) is 13.3. The highest BCUT2D eigenvalue weighted by molar-refractivity contribution is 5.11. The summed E-state index contributed by atoms with van der Waals surface area (Å²) in [6.45, 7) is 8.19. The fraction of sp³-hybridized carbons (Fsp3) is 0.714. The van der Waals surface area contributed by atoms with Gasteiger partial charge in [-0.1, -0.05) is 0 Å². The van der Waals surface area contributed by atoms with Gasteiger partial charge in [0.15, 0.2) is 0 Å². The minimum atomic E-state index is -0.452. The van der Waals surface area contributed by atoms with E-state index in [4.69, 9.17) is 0 Å². The van der Waals surface area contributed by atoms with E-state index < -0.39 is 5.54 Å². The zero-order valence-electron chi connectivity index (χ0n) is 11.7. The van der Waals surface area contributed by atoms with Crippen LogP contribution in [0.4, 0.5) is 0 Å². The van der Waals surface area contributed by atoms with E-state index in [0.717, 1.165) is 17.8 Å². The highest BCUT2D eigenvalue weighted by Gasteiger charge is 2.34. The molecule has 2 unspecified atom stereocenters. The fourth-order valence-electron chi connectivity index (χ4n) is 2.58. The normalized spacial score (nSPS) is 20.2. The quantitative estimate of drug-likeness (QED) is 0.868. The summed E-state index contributed by atoms with van der Waals surface area (Å²) in [5, 5.41) is 17.3. The van der Waals surface area contributed by atoms with Crippen LogP contribution >= 0.6 is 0 Å². The molecule has 1 N–H and O–H groups in total. The molecular weight excluding hydrogens is 224 g/mol. The predicted molar refractivity (Wildman–Crippen MR) is 71.2 cm³/mol. The molecular formula is C14H22N4. The fourth-order valence-corrected chi connectivity index (χ4v) is 2.58. The number of nitrogens with one attached hydrogen (secondary N) is 1. The molecule has 2 rings (SSSR count). The molecule has 2 atom stereocenters. The number of aromatic nitrogens is 2. The molecule has 4 nitrogen and oxygen atoms in total. The second kappa shape index (κ2) is 4.74. The molecule has 0 spiro atoms. The Morgan fingerprint density at radius 2 is 2.28 bits per heavy atom. The number of rotatable bonds is 5. The molecule has 1 aliphatic carbocycles. The van der Waals surface area contributed by atoms with E-state index in [1.54, 1.807) is 0 Å². The van der Waals surface area contributed by atoms with Crippen molar-refractivity contribution >= 4 is 0 Å². The first-order chi connectivity index (χ1) is 8.43. The van der Waals surface area contributed by atoms with Crippen LogP contribution in [-0.4, -0.2) is 21.4 Å². The van der Waals surface area contributed by atoms with Crippen LogP contribution < -0.4 is 5.32 Å². The largest absolute Gasteiger partial charge is 0.297 e. The highest BCUT2D eigenvalue weighted by atomic mass is 15.3. The van der Waals surface area contributed by atoms with E-state index >= 15 is 0 Å². The SMILES string of the molecule is Cc1cc(C)n(C(C)CC(C)(C#N)NC2CC2)n1. The predicted octanol–water partition coefficient (Wildman–Crippen LogP) is 2.49. The maximum Gasteiger partial charge on any atom is 0.106 e. The van der Waals surface area contributed by atoms with Crippen molar-refractivity contribution in [1.82, 2.24) is 15.1 Å². The van der Waals surface area contributed by atoms with Crippen LogP contribution in [0.1, 0.15) is 50.5 Å². The Morgan fingerprint density at radius 3 is 2.72 bits per heavy atom. The summed E-state index contributed by atoms with van der Waals surface area (Å²) in [6, 6.07) is 5.28. The number of nitriles is 1. The lowest BCUT2D eigenvalue weighted by Gasteiger charge is -2.27. The van der Waals surface area contributed by atoms with Crippen LogP contribution in [0.5, 0.6) is 0 Å². The highest BCUT2D eigenvalue weighted by Crippen LogP contribution is 2.27. The molecule has 0 amide bonds. The van der Waals surface area contributed by atoms with E-state index in [2.05, 4.69) is 36.4 Å². The molecule has 1 heterocycles. The Hall–Kier alpha value is -1.34. The summed E-state index contributed by atoms with van der Waals surface area (Å²) in [4.78, 5) is 0. The van der Waals surface area contributed by atoms with Crippen LogP contribution in [0.3, 0.4) is 0 Å². The molecule has 1 saturated carbocycles. The number of aryl methyl sites for hydroxylation is 2. The molecule has 1 aromatic rings. The lowest BCUT2D eigenvalue weighted by molar-refractivity contribution is 0.327. The van der Waals surface area contributed by atoms with Crippen LogP contribution in [-0.2, 0) is 0 Å². The zero-order valence-corrected chi connectivity index (χ0v) is 11.7. The van der Waals surface area contributed by atoms with Gasteiger partial charge in [-0.3, -0.25) is 10.00 Å². The summed E-state index contributed by atoms with van der Waals surface area (Å²) in [7, 11) is 0. The van der Waals surface area contributed by atoms with Gasteiger partial charge in [-0.15, -0.1) is 0 Å². The van der Waals surface area contributed by atoms with E-state index in [9.17, 15) is 5.26 Å². The minimum Gasteiger partial charge on any atom is -0.297 e. The van der Waals surface area contributed by atoms with Crippen molar-refractivity contribution in [2.24, 2.45) is 0 Å². The van der Waals surface area contributed by atoms with Gasteiger partial charge in [0, 0.05) is 18.2 Å². The second-order valence-electron chi connectivity index (χ2n) is 5.79. The van der Waals surface area contributed by atoms with Crippen molar-refractivity contribution in [2.75, 3.05) is 0 Å². The Morgan fingerprint density at radius 1 is 1.61 bits per heavy atom. The molecule has 1 fully saturated rings. The molecule has 1 aliphatic rings. The molecule has 98 valence electrons. The number of hydrogen-bond donors (Lipinski definition) is 1. The summed E-state index contributed by atoms with van der Waals surface area (Å²) in [5.41, 5.74) is 1.74. The summed E-state index contributed by atoms with van der Waals surface area (Å²) >= 11 is 0. The molecule has 1 aromatic heterocycles. The van der Waals surface area contributed by atoms with Crippen molar-refractivity contribution in [1.29, 1.82) is 5.26 Å². The molecule has 4 heteroatoms. The summed E-state index contributed by atoms with van der Waals surface area (Å²) in [6.07, 6.45) is 3.18.